The van der Waals surface area contributed by atoms with Crippen LogP contribution in [0.4, 0.5) is 13.2 Å². The van der Waals surface area contributed by atoms with Crippen molar-refractivity contribution in [3.63, 3.8) is 0 Å². The first-order valence-corrected chi connectivity index (χ1v) is 2.44. The fourth-order valence-corrected chi connectivity index (χ4v) is 0.303. The molecule has 0 amide bonds. The number of nitro groups is 1. The summed E-state index contributed by atoms with van der Waals surface area (Å²) in [6, 6.07) is 0. The summed E-state index contributed by atoms with van der Waals surface area (Å²) in [7, 11) is 0. The van der Waals surface area contributed by atoms with Crippen molar-refractivity contribution in [2.75, 3.05) is 0 Å². The highest BCUT2D eigenvalue weighted by Gasteiger charge is 2.37. The van der Waals surface area contributed by atoms with Crippen LogP contribution in [0.15, 0.2) is 11.4 Å². The van der Waals surface area contributed by atoms with E-state index in [1.54, 1.807) is 0 Å². The van der Waals surface area contributed by atoms with Crippen LogP contribution in [0.5, 0.6) is 0 Å². The Kier molecular flexibility index (Phi) is 2.45. The molecule has 4 nitrogen and oxygen atoms in total. The Morgan fingerprint density at radius 3 is 2.00 bits per heavy atom. The van der Waals surface area contributed by atoms with Gasteiger partial charge in [0, 0.05) is 6.92 Å². The molecule has 0 atom stereocenters. The zero-order valence-electron chi connectivity index (χ0n) is 5.47. The van der Waals surface area contributed by atoms with Crippen molar-refractivity contribution in [2.45, 2.75) is 13.1 Å². The van der Waals surface area contributed by atoms with Gasteiger partial charge < -0.3 is 5.73 Å². The Morgan fingerprint density at radius 1 is 1.55 bits per heavy atom. The van der Waals surface area contributed by atoms with Crippen molar-refractivity contribution >= 4 is 0 Å². The number of hydrogen-bond acceptors (Lipinski definition) is 3. The van der Waals surface area contributed by atoms with Gasteiger partial charge in [-0.1, -0.05) is 0 Å². The molecule has 7 heteroatoms. The summed E-state index contributed by atoms with van der Waals surface area (Å²) < 4.78 is 34.7. The zero-order valence-corrected chi connectivity index (χ0v) is 5.47. The van der Waals surface area contributed by atoms with E-state index >= 15 is 0 Å². The highest BCUT2D eigenvalue weighted by Crippen LogP contribution is 2.23. The number of nitrogens with two attached hydrogens (primary N) is 1. The van der Waals surface area contributed by atoms with Crippen molar-refractivity contribution in [1.29, 1.82) is 0 Å². The largest absolute Gasteiger partial charge is 0.437 e. The molecule has 2 N–H and O–H groups in total. The third kappa shape index (κ3) is 2.44. The molecular weight excluding hydrogens is 165 g/mol. The van der Waals surface area contributed by atoms with Crippen LogP contribution in [0.25, 0.3) is 0 Å². The van der Waals surface area contributed by atoms with Crippen molar-refractivity contribution in [2.24, 2.45) is 5.73 Å². The minimum absolute atomic E-state index is 0.697. The highest BCUT2D eigenvalue weighted by molar-refractivity contribution is 5.06. The summed E-state index contributed by atoms with van der Waals surface area (Å²) >= 11 is 0. The molecule has 0 fully saturated rings. The van der Waals surface area contributed by atoms with E-state index in [0.29, 0.717) is 6.92 Å². The van der Waals surface area contributed by atoms with Gasteiger partial charge in [0.05, 0.1) is 4.92 Å². The Bertz CT molecular complexity index is 208. The summed E-state index contributed by atoms with van der Waals surface area (Å²) in [6.07, 6.45) is -4.82. The fourth-order valence-electron chi connectivity index (χ4n) is 0.303. The van der Waals surface area contributed by atoms with Gasteiger partial charge in [-0.15, -0.1) is 0 Å². The second-order valence-electron chi connectivity index (χ2n) is 1.75. The van der Waals surface area contributed by atoms with E-state index in [4.69, 9.17) is 0 Å². The first kappa shape index (κ1) is 9.73. The SMILES string of the molecule is C/C(=C(/N)C(F)(F)F)[N+](=O)[O-]. The lowest BCUT2D eigenvalue weighted by atomic mass is 10.3. The average Bonchev–Trinajstić information content (AvgIpc) is 1.82. The molecule has 0 saturated heterocycles. The molecule has 0 bridgehead atoms. The van der Waals surface area contributed by atoms with Crippen molar-refractivity contribution in [1.82, 2.24) is 0 Å². The molecule has 0 aliphatic rings. The Morgan fingerprint density at radius 2 is 1.91 bits per heavy atom. The van der Waals surface area contributed by atoms with Gasteiger partial charge in [-0.2, -0.15) is 13.2 Å². The number of alkyl halides is 3. The van der Waals surface area contributed by atoms with Gasteiger partial charge in [-0.05, 0) is 0 Å². The molecular formula is C4H5F3N2O2. The second-order valence-corrected chi connectivity index (χ2v) is 1.75. The maximum absolute atomic E-state index is 11.6. The zero-order chi connectivity index (χ0) is 9.23. The Hall–Kier alpha value is -1.27. The van der Waals surface area contributed by atoms with Crippen LogP contribution in [0.1, 0.15) is 6.92 Å². The molecule has 0 aliphatic carbocycles. The van der Waals surface area contributed by atoms with Crippen LogP contribution in [0, 0.1) is 10.1 Å². The van der Waals surface area contributed by atoms with Crippen LogP contribution in [-0.4, -0.2) is 11.1 Å². The smallest absolute Gasteiger partial charge is 0.389 e. The molecule has 0 aromatic heterocycles. The van der Waals surface area contributed by atoms with Crippen molar-refractivity contribution < 1.29 is 18.1 Å². The predicted molar refractivity (Wildman–Crippen MR) is 29.9 cm³/mol. The minimum Gasteiger partial charge on any atom is -0.389 e. The van der Waals surface area contributed by atoms with Gasteiger partial charge in [0.2, 0.25) is 0 Å². The van der Waals surface area contributed by atoms with E-state index in [1.165, 1.54) is 0 Å². The molecule has 11 heavy (non-hydrogen) atoms. The van der Waals surface area contributed by atoms with E-state index in [1.807, 2.05) is 0 Å². The van der Waals surface area contributed by atoms with Crippen LogP contribution in [-0.2, 0) is 0 Å². The van der Waals surface area contributed by atoms with E-state index in [-0.39, 0.29) is 0 Å². The first-order valence-electron chi connectivity index (χ1n) is 2.44. The molecule has 64 valence electrons. The highest BCUT2D eigenvalue weighted by atomic mass is 19.4. The van der Waals surface area contributed by atoms with Gasteiger partial charge >= 0.3 is 6.18 Å². The summed E-state index contributed by atoms with van der Waals surface area (Å²) in [6.45, 7) is 0.697. The van der Waals surface area contributed by atoms with Gasteiger partial charge in [0.1, 0.15) is 0 Å². The normalized spacial score (nSPS) is 14.2. The molecule has 0 aromatic carbocycles. The summed E-state index contributed by atoms with van der Waals surface area (Å²) in [4.78, 5) is 8.58. The second kappa shape index (κ2) is 2.77. The van der Waals surface area contributed by atoms with E-state index in [9.17, 15) is 23.3 Å². The quantitative estimate of drug-likeness (QED) is 0.471. The van der Waals surface area contributed by atoms with Gasteiger partial charge in [-0.25, -0.2) is 0 Å². The maximum Gasteiger partial charge on any atom is 0.437 e. The van der Waals surface area contributed by atoms with Gasteiger partial charge in [-0.3, -0.25) is 10.1 Å². The number of hydrogen-bond donors (Lipinski definition) is 1. The molecule has 0 rings (SSSR count). The average molecular weight is 170 g/mol. The summed E-state index contributed by atoms with van der Waals surface area (Å²) in [5.41, 5.74) is 1.66. The van der Waals surface area contributed by atoms with Gasteiger partial charge in [0.15, 0.2) is 5.70 Å². The van der Waals surface area contributed by atoms with Crippen LogP contribution in [0.3, 0.4) is 0 Å². The number of allylic oxidation sites excluding steroid dienone is 2. The lowest BCUT2D eigenvalue weighted by Crippen LogP contribution is -2.23. The number of halogens is 3. The number of rotatable bonds is 1. The molecule has 0 unspecified atom stereocenters. The Labute approximate surface area is 59.6 Å². The maximum atomic E-state index is 11.6. The van der Waals surface area contributed by atoms with E-state index in [2.05, 4.69) is 5.73 Å². The number of nitrogens with zero attached hydrogens (tertiary/aromatic N) is 1. The first-order chi connectivity index (χ1) is 4.76. The molecule has 0 aliphatic heterocycles. The lowest BCUT2D eigenvalue weighted by Gasteiger charge is -2.04. The Balaban J connectivity index is 4.82. The van der Waals surface area contributed by atoms with Crippen LogP contribution >= 0.6 is 0 Å². The topological polar surface area (TPSA) is 69.2 Å². The summed E-state index contributed by atoms with van der Waals surface area (Å²) in [5.74, 6) is 0. The lowest BCUT2D eigenvalue weighted by molar-refractivity contribution is -0.427. The molecule has 0 spiro atoms. The third-order valence-corrected chi connectivity index (χ3v) is 0.969. The third-order valence-electron chi connectivity index (χ3n) is 0.969. The standard InChI is InChI=1S/C4H5F3N2O2/c1-2(9(10)11)3(8)4(5,6)7/h8H2,1H3/b3-2-. The monoisotopic (exact) mass is 170 g/mol. The van der Waals surface area contributed by atoms with Crippen molar-refractivity contribution in [3.05, 3.63) is 21.5 Å². The fraction of sp³-hybridized carbons (Fsp3) is 0.500. The van der Waals surface area contributed by atoms with Gasteiger partial charge in [0.25, 0.3) is 5.70 Å². The minimum atomic E-state index is -4.82. The molecule has 0 radical (unpaired) electrons. The van der Waals surface area contributed by atoms with Crippen molar-refractivity contribution in [3.8, 4) is 0 Å². The molecule has 0 aromatic rings. The molecule has 0 heterocycles. The van der Waals surface area contributed by atoms with Crippen LogP contribution < -0.4 is 5.73 Å². The van der Waals surface area contributed by atoms with E-state index < -0.39 is 22.5 Å². The summed E-state index contributed by atoms with van der Waals surface area (Å²) in [5, 5.41) is 9.76. The van der Waals surface area contributed by atoms with Crippen LogP contribution in [0.2, 0.25) is 0 Å². The van der Waals surface area contributed by atoms with E-state index in [0.717, 1.165) is 0 Å². The predicted octanol–water partition coefficient (Wildman–Crippen LogP) is 1.02. The molecule has 0 saturated carbocycles.